The van der Waals surface area contributed by atoms with Crippen molar-refractivity contribution in [2.24, 2.45) is 11.7 Å². The van der Waals surface area contributed by atoms with E-state index in [0.29, 0.717) is 0 Å². The van der Waals surface area contributed by atoms with Crippen LogP contribution in [0.3, 0.4) is 0 Å². The fraction of sp³-hybridized carbons (Fsp3) is 0.520. The summed E-state index contributed by atoms with van der Waals surface area (Å²) in [6.07, 6.45) is 21.9. The maximum Gasteiger partial charge on any atom is 0.0230 e. The molecule has 27 heavy (non-hydrogen) atoms. The number of nitrogens with zero attached hydrogens (tertiary/aromatic N) is 1. The van der Waals surface area contributed by atoms with Gasteiger partial charge in [0.15, 0.2) is 0 Å². The third kappa shape index (κ3) is 13.2. The lowest BCUT2D eigenvalue weighted by Gasteiger charge is -2.31. The summed E-state index contributed by atoms with van der Waals surface area (Å²) in [5.41, 5.74) is 7.27. The van der Waals surface area contributed by atoms with Crippen molar-refractivity contribution >= 4 is 0 Å². The molecular formula is C25H44N2. The van der Waals surface area contributed by atoms with E-state index >= 15 is 0 Å². The van der Waals surface area contributed by atoms with Gasteiger partial charge in [0.2, 0.25) is 0 Å². The van der Waals surface area contributed by atoms with Crippen LogP contribution in [-0.4, -0.2) is 31.6 Å². The molecule has 0 bridgehead atoms. The van der Waals surface area contributed by atoms with Crippen LogP contribution in [0.1, 0.15) is 52.9 Å². The number of nitrogens with two attached hydrogens (primary N) is 1. The van der Waals surface area contributed by atoms with Gasteiger partial charge in [-0.25, -0.2) is 0 Å². The molecule has 0 aromatic rings. The average molecular weight is 373 g/mol. The summed E-state index contributed by atoms with van der Waals surface area (Å²) in [5, 5.41) is 0. The second kappa shape index (κ2) is 20.7. The van der Waals surface area contributed by atoms with Crippen molar-refractivity contribution in [1.29, 1.82) is 0 Å². The number of hydrogen-bond donors (Lipinski definition) is 1. The van der Waals surface area contributed by atoms with Crippen LogP contribution in [-0.2, 0) is 0 Å². The van der Waals surface area contributed by atoms with Gasteiger partial charge >= 0.3 is 0 Å². The fourth-order valence-electron chi connectivity index (χ4n) is 3.05. The molecule has 1 heterocycles. The molecule has 0 aromatic heterocycles. The van der Waals surface area contributed by atoms with Gasteiger partial charge in [-0.15, -0.1) is 13.2 Å². The first kappa shape index (κ1) is 27.6. The number of piperidine rings is 1. The summed E-state index contributed by atoms with van der Waals surface area (Å²) < 4.78 is 0. The highest BCUT2D eigenvalue weighted by Crippen LogP contribution is 2.21. The molecule has 154 valence electrons. The molecule has 1 aliphatic carbocycles. The van der Waals surface area contributed by atoms with Gasteiger partial charge in [0.05, 0.1) is 0 Å². The second-order valence-electron chi connectivity index (χ2n) is 6.05. The third-order valence-electron chi connectivity index (χ3n) is 4.35. The van der Waals surface area contributed by atoms with Crippen molar-refractivity contribution in [3.8, 4) is 0 Å². The Morgan fingerprint density at radius 3 is 2.30 bits per heavy atom. The molecule has 0 atom stereocenters. The molecule has 1 fully saturated rings. The summed E-state index contributed by atoms with van der Waals surface area (Å²) in [6, 6.07) is 0. The SMILES string of the molecule is C=C.C=CC(/C=C/C1CCN(CC2=CCCC=C2)CC1)=C\CC.CC.CN. The molecule has 2 nitrogen and oxygen atoms in total. The summed E-state index contributed by atoms with van der Waals surface area (Å²) in [5.74, 6) is 0.734. The van der Waals surface area contributed by atoms with Crippen LogP contribution in [0.5, 0.6) is 0 Å². The Morgan fingerprint density at radius 2 is 1.81 bits per heavy atom. The Balaban J connectivity index is 0. The highest BCUT2D eigenvalue weighted by Gasteiger charge is 2.17. The average Bonchev–Trinajstić information content (AvgIpc) is 2.77. The zero-order chi connectivity index (χ0) is 20.9. The van der Waals surface area contributed by atoms with E-state index in [1.54, 1.807) is 0 Å². The first-order valence-corrected chi connectivity index (χ1v) is 10.5. The standard InChI is InChI=1S/C20H29N.C2H6.C2H4.CH5N/c1-3-8-18(4-2)11-12-19-13-15-21(16-14-19)17-20-9-6-5-7-10-20;3*1-2/h4,6,8-12,19H,2-3,5,7,13-17H2,1H3;1-2H3;1-2H2;2H2,1H3/b12-11+,18-8+;;;. The van der Waals surface area contributed by atoms with Crippen LogP contribution in [0.2, 0.25) is 0 Å². The van der Waals surface area contributed by atoms with Gasteiger partial charge in [-0.2, -0.15) is 0 Å². The summed E-state index contributed by atoms with van der Waals surface area (Å²) in [7, 11) is 1.50. The van der Waals surface area contributed by atoms with Crippen LogP contribution in [0, 0.1) is 5.92 Å². The van der Waals surface area contributed by atoms with E-state index in [1.165, 1.54) is 57.0 Å². The molecule has 0 spiro atoms. The van der Waals surface area contributed by atoms with Gasteiger partial charge in [-0.3, -0.25) is 4.90 Å². The van der Waals surface area contributed by atoms with Gasteiger partial charge in [0.1, 0.15) is 0 Å². The topological polar surface area (TPSA) is 29.3 Å². The van der Waals surface area contributed by atoms with E-state index in [0.717, 1.165) is 18.9 Å². The molecule has 2 rings (SSSR count). The van der Waals surface area contributed by atoms with Crippen molar-refractivity contribution in [2.75, 3.05) is 26.7 Å². The number of allylic oxidation sites excluding steroid dienone is 7. The lowest BCUT2D eigenvalue weighted by molar-refractivity contribution is 0.219. The van der Waals surface area contributed by atoms with Crippen LogP contribution in [0.15, 0.2) is 73.4 Å². The minimum Gasteiger partial charge on any atom is -0.333 e. The molecule has 1 aliphatic heterocycles. The highest BCUT2D eigenvalue weighted by atomic mass is 15.1. The largest absolute Gasteiger partial charge is 0.333 e. The number of rotatable bonds is 6. The number of hydrogen-bond acceptors (Lipinski definition) is 2. The lowest BCUT2D eigenvalue weighted by atomic mass is 9.95. The van der Waals surface area contributed by atoms with E-state index < -0.39 is 0 Å². The normalized spacial score (nSPS) is 17.5. The Kier molecular flexibility index (Phi) is 21.1. The molecular weight excluding hydrogens is 328 g/mol. The molecule has 0 unspecified atom stereocenters. The van der Waals surface area contributed by atoms with Crippen molar-refractivity contribution < 1.29 is 0 Å². The first-order chi connectivity index (χ1) is 13.3. The van der Waals surface area contributed by atoms with Gasteiger partial charge in [0.25, 0.3) is 0 Å². The Hall–Kier alpha value is -1.64. The molecule has 1 saturated heterocycles. The number of likely N-dealkylation sites (tertiary alicyclic amines) is 1. The predicted molar refractivity (Wildman–Crippen MR) is 126 cm³/mol. The summed E-state index contributed by atoms with van der Waals surface area (Å²) >= 11 is 0. The van der Waals surface area contributed by atoms with Crippen molar-refractivity contribution in [1.82, 2.24) is 4.90 Å². The highest BCUT2D eigenvalue weighted by molar-refractivity contribution is 5.29. The second-order valence-corrected chi connectivity index (χ2v) is 6.05. The quantitative estimate of drug-likeness (QED) is 0.428. The molecule has 0 aromatic carbocycles. The molecule has 2 aliphatic rings. The third-order valence-corrected chi connectivity index (χ3v) is 4.35. The van der Waals surface area contributed by atoms with E-state index in [1.807, 2.05) is 19.9 Å². The van der Waals surface area contributed by atoms with Crippen molar-refractivity contribution in [2.45, 2.75) is 52.9 Å². The van der Waals surface area contributed by atoms with Gasteiger partial charge < -0.3 is 5.73 Å². The fourth-order valence-corrected chi connectivity index (χ4v) is 3.05. The Morgan fingerprint density at radius 1 is 1.19 bits per heavy atom. The van der Waals surface area contributed by atoms with Crippen LogP contribution in [0.4, 0.5) is 0 Å². The maximum absolute atomic E-state index is 4.50. The molecule has 0 saturated carbocycles. The first-order valence-electron chi connectivity index (χ1n) is 10.5. The molecule has 2 N–H and O–H groups in total. The van der Waals surface area contributed by atoms with Crippen LogP contribution in [0.25, 0.3) is 0 Å². The van der Waals surface area contributed by atoms with Crippen LogP contribution >= 0.6 is 0 Å². The van der Waals surface area contributed by atoms with Crippen LogP contribution < -0.4 is 5.73 Å². The summed E-state index contributed by atoms with van der Waals surface area (Å²) in [6.45, 7) is 19.6. The van der Waals surface area contributed by atoms with Crippen molar-refractivity contribution in [3.63, 3.8) is 0 Å². The zero-order valence-electron chi connectivity index (χ0n) is 18.4. The Labute approximate surface area is 169 Å². The maximum atomic E-state index is 4.50. The van der Waals surface area contributed by atoms with Gasteiger partial charge in [0, 0.05) is 6.54 Å². The molecule has 2 heteroatoms. The monoisotopic (exact) mass is 372 g/mol. The smallest absolute Gasteiger partial charge is 0.0230 e. The van der Waals surface area contributed by atoms with E-state index in [-0.39, 0.29) is 0 Å². The van der Waals surface area contributed by atoms with E-state index in [4.69, 9.17) is 0 Å². The summed E-state index contributed by atoms with van der Waals surface area (Å²) in [4.78, 5) is 2.60. The molecule has 0 amide bonds. The Bertz CT molecular complexity index is 461. The molecule has 0 radical (unpaired) electrons. The zero-order valence-corrected chi connectivity index (χ0v) is 18.4. The van der Waals surface area contributed by atoms with Gasteiger partial charge in [-0.1, -0.05) is 69.9 Å². The van der Waals surface area contributed by atoms with E-state index in [9.17, 15) is 0 Å². The lowest BCUT2D eigenvalue weighted by Crippen LogP contribution is -2.34. The van der Waals surface area contributed by atoms with E-state index in [2.05, 4.69) is 73.8 Å². The van der Waals surface area contributed by atoms with Crippen molar-refractivity contribution in [3.05, 3.63) is 73.4 Å². The van der Waals surface area contributed by atoms with Gasteiger partial charge in [-0.05, 0) is 69.3 Å². The minimum absolute atomic E-state index is 0.734. The predicted octanol–water partition coefficient (Wildman–Crippen LogP) is 6.46. The minimum atomic E-state index is 0.734.